The van der Waals surface area contributed by atoms with Crippen LogP contribution in [0, 0.1) is 5.92 Å². The Kier molecular flexibility index (Phi) is 6.72. The van der Waals surface area contributed by atoms with Gasteiger partial charge in [0.15, 0.2) is 0 Å². The van der Waals surface area contributed by atoms with Gasteiger partial charge in [0.1, 0.15) is 5.54 Å². The Bertz CT molecular complexity index is 242. The van der Waals surface area contributed by atoms with Crippen molar-refractivity contribution in [3.05, 3.63) is 0 Å². The number of aliphatic carboxylic acids is 1. The second-order valence-electron chi connectivity index (χ2n) is 5.58. The summed E-state index contributed by atoms with van der Waals surface area (Å²) in [6.45, 7) is 14.3. The molecule has 0 aromatic rings. The number of nitrogens with one attached hydrogen (secondary N) is 1. The van der Waals surface area contributed by atoms with Crippen molar-refractivity contribution in [1.82, 2.24) is 10.2 Å². The normalized spacial score (nSPS) is 15.6. The van der Waals surface area contributed by atoms with E-state index in [4.69, 9.17) is 0 Å². The van der Waals surface area contributed by atoms with Crippen LogP contribution in [0.3, 0.4) is 0 Å². The fourth-order valence-corrected chi connectivity index (χ4v) is 1.92. The molecule has 0 saturated heterocycles. The molecular formula is C13H28N2O2. The van der Waals surface area contributed by atoms with Crippen LogP contribution in [0.2, 0.25) is 0 Å². The highest BCUT2D eigenvalue weighted by molar-refractivity contribution is 5.78. The van der Waals surface area contributed by atoms with E-state index in [1.807, 2.05) is 6.92 Å². The summed E-state index contributed by atoms with van der Waals surface area (Å²) in [5.41, 5.74) is -0.867. The Labute approximate surface area is 105 Å². The van der Waals surface area contributed by atoms with Crippen molar-refractivity contribution >= 4 is 5.97 Å². The summed E-state index contributed by atoms with van der Waals surface area (Å²) in [4.78, 5) is 13.6. The molecule has 17 heavy (non-hydrogen) atoms. The molecule has 0 spiro atoms. The zero-order chi connectivity index (χ0) is 13.6. The Morgan fingerprint density at radius 2 is 1.88 bits per heavy atom. The van der Waals surface area contributed by atoms with Gasteiger partial charge in [-0.15, -0.1) is 0 Å². The molecule has 0 bridgehead atoms. The average molecular weight is 244 g/mol. The van der Waals surface area contributed by atoms with Crippen LogP contribution in [0.4, 0.5) is 0 Å². The number of hydrogen-bond acceptors (Lipinski definition) is 3. The van der Waals surface area contributed by atoms with Gasteiger partial charge in [-0.2, -0.15) is 0 Å². The molecule has 0 aliphatic rings. The minimum atomic E-state index is -0.867. The van der Waals surface area contributed by atoms with E-state index in [0.717, 1.165) is 6.54 Å². The van der Waals surface area contributed by atoms with Gasteiger partial charge in [-0.25, -0.2) is 0 Å². The maximum Gasteiger partial charge on any atom is 0.324 e. The van der Waals surface area contributed by atoms with Gasteiger partial charge in [0, 0.05) is 19.1 Å². The van der Waals surface area contributed by atoms with Gasteiger partial charge < -0.3 is 10.4 Å². The van der Waals surface area contributed by atoms with Gasteiger partial charge in [0.25, 0.3) is 0 Å². The lowest BCUT2D eigenvalue weighted by Gasteiger charge is -2.36. The van der Waals surface area contributed by atoms with E-state index in [1.54, 1.807) is 6.92 Å². The molecule has 0 heterocycles. The maximum absolute atomic E-state index is 11.4. The minimum absolute atomic E-state index is 0.356. The highest BCUT2D eigenvalue weighted by Crippen LogP contribution is 2.12. The molecule has 4 nitrogen and oxygen atoms in total. The molecule has 0 fully saturated rings. The molecule has 0 aliphatic heterocycles. The number of likely N-dealkylation sites (N-methyl/N-ethyl adjacent to an activating group) is 1. The lowest BCUT2D eigenvalue weighted by atomic mass is 10.00. The van der Waals surface area contributed by atoms with Crippen LogP contribution in [-0.2, 0) is 4.79 Å². The van der Waals surface area contributed by atoms with E-state index in [2.05, 4.69) is 37.9 Å². The Morgan fingerprint density at radius 1 is 1.35 bits per heavy atom. The SMILES string of the molecule is CCNC(C)(CN(CC(C)C)C(C)C)C(=O)O. The van der Waals surface area contributed by atoms with Gasteiger partial charge >= 0.3 is 5.97 Å². The van der Waals surface area contributed by atoms with Gasteiger partial charge in [-0.05, 0) is 33.2 Å². The molecule has 0 aromatic heterocycles. The Balaban J connectivity index is 4.73. The second-order valence-corrected chi connectivity index (χ2v) is 5.58. The van der Waals surface area contributed by atoms with Gasteiger partial charge in [-0.1, -0.05) is 20.8 Å². The molecule has 0 radical (unpaired) electrons. The summed E-state index contributed by atoms with van der Waals surface area (Å²) in [6.07, 6.45) is 0. The first-order valence-corrected chi connectivity index (χ1v) is 6.45. The molecule has 0 aliphatic carbocycles. The fraction of sp³-hybridized carbons (Fsp3) is 0.923. The van der Waals surface area contributed by atoms with Crippen molar-refractivity contribution in [2.45, 2.75) is 53.1 Å². The Morgan fingerprint density at radius 3 is 2.18 bits per heavy atom. The molecule has 0 amide bonds. The van der Waals surface area contributed by atoms with Crippen molar-refractivity contribution in [2.24, 2.45) is 5.92 Å². The van der Waals surface area contributed by atoms with E-state index in [1.165, 1.54) is 0 Å². The third kappa shape index (κ3) is 5.50. The van der Waals surface area contributed by atoms with E-state index in [0.29, 0.717) is 25.0 Å². The lowest BCUT2D eigenvalue weighted by Crippen LogP contribution is -2.58. The summed E-state index contributed by atoms with van der Waals surface area (Å²) < 4.78 is 0. The standard InChI is InChI=1S/C13H28N2O2/c1-7-14-13(6,12(16)17)9-15(11(4)5)8-10(2)3/h10-11,14H,7-9H2,1-6H3,(H,16,17). The first-order chi connectivity index (χ1) is 7.73. The number of carboxylic acid groups (broad SMARTS) is 1. The summed E-state index contributed by atoms with van der Waals surface area (Å²) >= 11 is 0. The van der Waals surface area contributed by atoms with Crippen LogP contribution in [0.15, 0.2) is 0 Å². The smallest absolute Gasteiger partial charge is 0.324 e. The first kappa shape index (κ1) is 16.4. The van der Waals surface area contributed by atoms with Gasteiger partial charge in [0.2, 0.25) is 0 Å². The quantitative estimate of drug-likeness (QED) is 0.683. The predicted molar refractivity (Wildman–Crippen MR) is 71.3 cm³/mol. The molecule has 0 saturated carbocycles. The number of carboxylic acids is 1. The third-order valence-electron chi connectivity index (χ3n) is 2.89. The summed E-state index contributed by atoms with van der Waals surface area (Å²) in [6, 6.07) is 0.356. The monoisotopic (exact) mass is 244 g/mol. The number of carbonyl (C=O) groups is 1. The fourth-order valence-electron chi connectivity index (χ4n) is 1.92. The van der Waals surface area contributed by atoms with Crippen molar-refractivity contribution in [3.63, 3.8) is 0 Å². The van der Waals surface area contributed by atoms with Crippen LogP contribution in [0.5, 0.6) is 0 Å². The highest BCUT2D eigenvalue weighted by atomic mass is 16.4. The van der Waals surface area contributed by atoms with E-state index in [9.17, 15) is 9.90 Å². The molecular weight excluding hydrogens is 216 g/mol. The second kappa shape index (κ2) is 6.97. The molecule has 2 N–H and O–H groups in total. The largest absolute Gasteiger partial charge is 0.480 e. The zero-order valence-electron chi connectivity index (χ0n) is 12.1. The van der Waals surface area contributed by atoms with Crippen LogP contribution in [0.1, 0.15) is 41.5 Å². The summed E-state index contributed by atoms with van der Waals surface area (Å²) in [5.74, 6) is -0.245. The van der Waals surface area contributed by atoms with Crippen LogP contribution in [0.25, 0.3) is 0 Å². The molecule has 4 heteroatoms. The molecule has 1 atom stereocenters. The number of nitrogens with zero attached hydrogens (tertiary/aromatic N) is 1. The van der Waals surface area contributed by atoms with Crippen molar-refractivity contribution in [2.75, 3.05) is 19.6 Å². The summed E-state index contributed by atoms with van der Waals surface area (Å²) in [5, 5.41) is 12.4. The predicted octanol–water partition coefficient (Wildman–Crippen LogP) is 1.81. The first-order valence-electron chi connectivity index (χ1n) is 6.45. The Hall–Kier alpha value is -0.610. The van der Waals surface area contributed by atoms with Crippen LogP contribution in [-0.4, -0.2) is 47.2 Å². The van der Waals surface area contributed by atoms with E-state index >= 15 is 0 Å². The molecule has 102 valence electrons. The van der Waals surface area contributed by atoms with Crippen LogP contribution >= 0.6 is 0 Å². The topological polar surface area (TPSA) is 52.6 Å². The maximum atomic E-state index is 11.4. The van der Waals surface area contributed by atoms with Crippen molar-refractivity contribution < 1.29 is 9.90 Å². The average Bonchev–Trinajstić information content (AvgIpc) is 2.15. The number of hydrogen-bond donors (Lipinski definition) is 2. The van der Waals surface area contributed by atoms with E-state index in [-0.39, 0.29) is 0 Å². The lowest BCUT2D eigenvalue weighted by molar-refractivity contribution is -0.145. The minimum Gasteiger partial charge on any atom is -0.480 e. The molecule has 0 rings (SSSR count). The number of rotatable bonds is 8. The van der Waals surface area contributed by atoms with Gasteiger partial charge in [0.05, 0.1) is 0 Å². The zero-order valence-corrected chi connectivity index (χ0v) is 12.1. The third-order valence-corrected chi connectivity index (χ3v) is 2.89. The van der Waals surface area contributed by atoms with Crippen molar-refractivity contribution in [1.29, 1.82) is 0 Å². The highest BCUT2D eigenvalue weighted by Gasteiger charge is 2.34. The van der Waals surface area contributed by atoms with E-state index < -0.39 is 11.5 Å². The van der Waals surface area contributed by atoms with Crippen LogP contribution < -0.4 is 5.32 Å². The molecule has 0 aromatic carbocycles. The van der Waals surface area contributed by atoms with Gasteiger partial charge in [-0.3, -0.25) is 9.69 Å². The molecule has 1 unspecified atom stereocenters. The van der Waals surface area contributed by atoms with Crippen molar-refractivity contribution in [3.8, 4) is 0 Å². The summed E-state index contributed by atoms with van der Waals surface area (Å²) in [7, 11) is 0.